The van der Waals surface area contributed by atoms with Crippen LogP contribution in [0.15, 0.2) is 43.0 Å². The Balaban J connectivity index is 1.35. The number of nitrogens with one attached hydrogen (secondary N) is 1. The smallest absolute Gasteiger partial charge is 0.382 e. The molecule has 0 saturated carbocycles. The summed E-state index contributed by atoms with van der Waals surface area (Å²) in [6.45, 7) is 0.169. The minimum atomic E-state index is -3.47. The molecule has 0 bridgehead atoms. The highest BCUT2D eigenvalue weighted by Crippen LogP contribution is 2.55. The van der Waals surface area contributed by atoms with Crippen molar-refractivity contribution in [3.8, 4) is 0 Å². The van der Waals surface area contributed by atoms with Crippen LogP contribution in [-0.2, 0) is 18.3 Å². The second-order valence-electron chi connectivity index (χ2n) is 6.36. The lowest BCUT2D eigenvalue weighted by Crippen LogP contribution is -2.34. The Morgan fingerprint density at radius 1 is 1.19 bits per heavy atom. The lowest BCUT2D eigenvalue weighted by atomic mass is 10.2. The molecule has 2 fully saturated rings. The van der Waals surface area contributed by atoms with Gasteiger partial charge in [0.1, 0.15) is 30.3 Å². The Bertz CT molecular complexity index is 1030. The van der Waals surface area contributed by atoms with Gasteiger partial charge in [-0.15, -0.1) is 0 Å². The third kappa shape index (κ3) is 2.96. The number of hydrogen-bond acceptors (Lipinski definition) is 8. The van der Waals surface area contributed by atoms with E-state index in [1.165, 1.54) is 6.33 Å². The van der Waals surface area contributed by atoms with E-state index in [1.54, 1.807) is 23.0 Å². The first-order valence-electron chi connectivity index (χ1n) is 8.46. The van der Waals surface area contributed by atoms with E-state index in [0.29, 0.717) is 29.1 Å². The predicted molar refractivity (Wildman–Crippen MR) is 96.8 cm³/mol. The Morgan fingerprint density at radius 3 is 2.89 bits per heavy atom. The summed E-state index contributed by atoms with van der Waals surface area (Å²) in [5.74, 6) is 0.310. The van der Waals surface area contributed by atoms with Crippen LogP contribution in [0, 0.1) is 0 Å². The first-order chi connectivity index (χ1) is 13.1. The Hall–Kier alpha value is -2.52. The largest absolute Gasteiger partial charge is 0.433 e. The standard InChI is InChI=1S/C16H17N6O4P/c17-15-14-16(19-8-18-15)22(9-20-14)13-6-11-12(25-13)7-24-27(23,26-11)21-10-4-2-1-3-5-10/h1-5,8-9,11-13H,6-7H2,(H,21,23)(H2,17,18,19)/t11-,12+,13+,27?/m0/s1. The van der Waals surface area contributed by atoms with Crippen LogP contribution in [0.1, 0.15) is 12.6 Å². The molecule has 10 nitrogen and oxygen atoms in total. The first-order valence-corrected chi connectivity index (χ1v) is 10.0. The summed E-state index contributed by atoms with van der Waals surface area (Å²) in [5, 5.41) is 2.86. The van der Waals surface area contributed by atoms with Gasteiger partial charge in [0.25, 0.3) is 0 Å². The van der Waals surface area contributed by atoms with E-state index in [-0.39, 0.29) is 25.0 Å². The number of benzene rings is 1. The molecule has 0 spiro atoms. The molecule has 140 valence electrons. The second kappa shape index (κ2) is 6.28. The molecule has 5 rings (SSSR count). The number of aromatic nitrogens is 4. The maximum atomic E-state index is 12.9. The van der Waals surface area contributed by atoms with Gasteiger partial charge >= 0.3 is 7.75 Å². The maximum absolute atomic E-state index is 12.9. The highest BCUT2D eigenvalue weighted by molar-refractivity contribution is 7.55. The number of fused-ring (bicyclic) bond motifs is 2. The highest BCUT2D eigenvalue weighted by Gasteiger charge is 2.47. The zero-order valence-corrected chi connectivity index (χ0v) is 15.0. The lowest BCUT2D eigenvalue weighted by Gasteiger charge is -2.31. The second-order valence-corrected chi connectivity index (χ2v) is 8.05. The SMILES string of the molecule is Nc1ncnc2c1ncn2[C@H]1C[C@@H]2OP(=O)(Nc3ccccc3)OC[C@H]2O1. The molecule has 3 N–H and O–H groups in total. The fourth-order valence-electron chi connectivity index (χ4n) is 3.32. The van der Waals surface area contributed by atoms with Crippen LogP contribution in [0.5, 0.6) is 0 Å². The summed E-state index contributed by atoms with van der Waals surface area (Å²) >= 11 is 0. The van der Waals surface area contributed by atoms with Crippen molar-refractivity contribution in [1.29, 1.82) is 0 Å². The van der Waals surface area contributed by atoms with Crippen molar-refractivity contribution in [2.45, 2.75) is 24.9 Å². The molecule has 0 aliphatic carbocycles. The van der Waals surface area contributed by atoms with Gasteiger partial charge in [0.2, 0.25) is 0 Å². The summed E-state index contributed by atoms with van der Waals surface area (Å²) < 4.78 is 32.0. The molecule has 2 aliphatic rings. The number of nitrogens with zero attached hydrogens (tertiary/aromatic N) is 4. The van der Waals surface area contributed by atoms with Crippen LogP contribution >= 0.6 is 7.75 Å². The molecule has 4 heterocycles. The minimum absolute atomic E-state index is 0.169. The third-order valence-electron chi connectivity index (χ3n) is 4.60. The van der Waals surface area contributed by atoms with Gasteiger partial charge in [0, 0.05) is 12.1 Å². The van der Waals surface area contributed by atoms with Gasteiger partial charge in [-0.1, -0.05) is 18.2 Å². The van der Waals surface area contributed by atoms with Gasteiger partial charge in [-0.2, -0.15) is 0 Å². The summed E-state index contributed by atoms with van der Waals surface area (Å²) in [6, 6.07) is 9.16. The maximum Gasteiger partial charge on any atom is 0.433 e. The Kier molecular flexibility index (Phi) is 3.87. The van der Waals surface area contributed by atoms with Gasteiger partial charge in [0.15, 0.2) is 11.5 Å². The lowest BCUT2D eigenvalue weighted by molar-refractivity contribution is -0.0558. The van der Waals surface area contributed by atoms with E-state index < -0.39 is 7.75 Å². The number of imidazole rings is 1. The Morgan fingerprint density at radius 2 is 2.04 bits per heavy atom. The number of nitrogen functional groups attached to an aromatic ring is 1. The molecule has 2 aliphatic heterocycles. The molecule has 27 heavy (non-hydrogen) atoms. The van der Waals surface area contributed by atoms with E-state index in [0.717, 1.165) is 0 Å². The molecule has 11 heteroatoms. The number of anilines is 2. The molecule has 4 atom stereocenters. The van der Waals surface area contributed by atoms with Crippen LogP contribution in [0.25, 0.3) is 11.2 Å². The Labute approximate surface area is 154 Å². The van der Waals surface area contributed by atoms with Crippen molar-refractivity contribution in [3.05, 3.63) is 43.0 Å². The van der Waals surface area contributed by atoms with Crippen molar-refractivity contribution in [3.63, 3.8) is 0 Å². The van der Waals surface area contributed by atoms with E-state index in [2.05, 4.69) is 20.0 Å². The number of rotatable bonds is 3. The van der Waals surface area contributed by atoms with Crippen LogP contribution < -0.4 is 10.8 Å². The molecular formula is C16H17N6O4P. The number of nitrogens with two attached hydrogens (primary N) is 1. The number of ether oxygens (including phenoxy) is 1. The van der Waals surface area contributed by atoms with Crippen molar-refractivity contribution in [1.82, 2.24) is 19.5 Å². The van der Waals surface area contributed by atoms with Crippen LogP contribution in [0.3, 0.4) is 0 Å². The first kappa shape index (κ1) is 16.6. The molecule has 3 aromatic rings. The van der Waals surface area contributed by atoms with E-state index in [1.807, 2.05) is 18.2 Å². The number of para-hydroxylation sites is 1. The topological polar surface area (TPSA) is 126 Å². The molecule has 2 saturated heterocycles. The third-order valence-corrected chi connectivity index (χ3v) is 6.17. The molecule has 1 aromatic carbocycles. The average Bonchev–Trinajstić information content (AvgIpc) is 3.26. The van der Waals surface area contributed by atoms with E-state index >= 15 is 0 Å². The van der Waals surface area contributed by atoms with Crippen molar-refractivity contribution in [2.24, 2.45) is 0 Å². The fraction of sp³-hybridized carbons (Fsp3) is 0.312. The highest BCUT2D eigenvalue weighted by atomic mass is 31.2. The average molecular weight is 388 g/mol. The van der Waals surface area contributed by atoms with Crippen molar-refractivity contribution in [2.75, 3.05) is 17.4 Å². The van der Waals surface area contributed by atoms with Gasteiger partial charge in [-0.3, -0.25) is 18.7 Å². The molecular weight excluding hydrogens is 371 g/mol. The van der Waals surface area contributed by atoms with Gasteiger partial charge in [0.05, 0.1) is 12.9 Å². The normalized spacial score (nSPS) is 30.3. The predicted octanol–water partition coefficient (Wildman–Crippen LogP) is 2.33. The van der Waals surface area contributed by atoms with E-state index in [4.69, 9.17) is 19.5 Å². The molecule has 0 amide bonds. The zero-order valence-electron chi connectivity index (χ0n) is 14.1. The quantitative estimate of drug-likeness (QED) is 0.650. The van der Waals surface area contributed by atoms with Crippen LogP contribution in [-0.4, -0.2) is 38.3 Å². The van der Waals surface area contributed by atoms with Crippen molar-refractivity contribution < 1.29 is 18.3 Å². The van der Waals surface area contributed by atoms with Crippen molar-refractivity contribution >= 4 is 30.4 Å². The van der Waals surface area contributed by atoms with E-state index in [9.17, 15) is 4.57 Å². The van der Waals surface area contributed by atoms with Crippen LogP contribution in [0.2, 0.25) is 0 Å². The van der Waals surface area contributed by atoms with Gasteiger partial charge < -0.3 is 10.5 Å². The van der Waals surface area contributed by atoms with Gasteiger partial charge in [-0.05, 0) is 12.1 Å². The fourth-order valence-corrected chi connectivity index (χ4v) is 4.89. The summed E-state index contributed by atoms with van der Waals surface area (Å²) in [4.78, 5) is 12.4. The monoisotopic (exact) mass is 388 g/mol. The summed E-state index contributed by atoms with van der Waals surface area (Å²) in [6.07, 6.45) is 2.42. The summed E-state index contributed by atoms with van der Waals surface area (Å²) in [5.41, 5.74) is 7.60. The summed E-state index contributed by atoms with van der Waals surface area (Å²) in [7, 11) is -3.47. The molecule has 1 unspecified atom stereocenters. The molecule has 2 aromatic heterocycles. The zero-order chi connectivity index (χ0) is 18.4. The van der Waals surface area contributed by atoms with Gasteiger partial charge in [-0.25, -0.2) is 19.5 Å². The minimum Gasteiger partial charge on any atom is -0.382 e. The molecule has 0 radical (unpaired) electrons. The number of hydrogen-bond donors (Lipinski definition) is 2. The van der Waals surface area contributed by atoms with Crippen LogP contribution in [0.4, 0.5) is 11.5 Å².